The second kappa shape index (κ2) is 8.56. The van der Waals surface area contributed by atoms with Gasteiger partial charge in [0.25, 0.3) is 15.7 Å². The molecule has 2 N–H and O–H groups in total. The molecule has 31 heavy (non-hydrogen) atoms. The predicted molar refractivity (Wildman–Crippen MR) is 117 cm³/mol. The van der Waals surface area contributed by atoms with E-state index in [2.05, 4.69) is 25.1 Å². The summed E-state index contributed by atoms with van der Waals surface area (Å²) in [7, 11) is -3.96. The van der Waals surface area contributed by atoms with Crippen LogP contribution in [0.3, 0.4) is 0 Å². The second-order valence-corrected chi connectivity index (χ2v) is 8.74. The second-order valence-electron chi connectivity index (χ2n) is 7.06. The van der Waals surface area contributed by atoms with Gasteiger partial charge in [-0.1, -0.05) is 6.07 Å². The minimum Gasteiger partial charge on any atom is -0.370 e. The molecule has 0 unspecified atom stereocenters. The first-order valence-corrected chi connectivity index (χ1v) is 11.1. The highest BCUT2D eigenvalue weighted by Crippen LogP contribution is 2.25. The fraction of sp³-hybridized carbons (Fsp3) is 0.200. The van der Waals surface area contributed by atoms with Crippen LogP contribution < -0.4 is 14.9 Å². The maximum atomic E-state index is 12.5. The Morgan fingerprint density at radius 1 is 1.00 bits per heavy atom. The zero-order valence-corrected chi connectivity index (χ0v) is 17.2. The van der Waals surface area contributed by atoms with Crippen LogP contribution in [0.2, 0.25) is 0 Å². The molecular formula is C20H20N6O4S. The molecule has 1 saturated heterocycles. The molecule has 0 radical (unpaired) electrons. The summed E-state index contributed by atoms with van der Waals surface area (Å²) in [4.78, 5) is 12.3. The van der Waals surface area contributed by atoms with Crippen LogP contribution in [0.1, 0.15) is 12.8 Å². The van der Waals surface area contributed by atoms with E-state index in [4.69, 9.17) is 0 Å². The standard InChI is InChI=1S/C20H20N6O4S/c27-26(28)17-4-3-5-19(12-17)31(29,30)24-16-8-6-15(7-9-16)22-20-13-18(14-21-23-20)25-10-1-2-11-25/h3-9,12-14,24H,1-2,10-11H2,(H,22,23). The van der Waals surface area contributed by atoms with Crippen molar-refractivity contribution in [2.45, 2.75) is 17.7 Å². The van der Waals surface area contributed by atoms with Gasteiger partial charge in [0, 0.05) is 42.7 Å². The van der Waals surface area contributed by atoms with Gasteiger partial charge in [0.2, 0.25) is 0 Å². The number of nitro benzene ring substituents is 1. The average molecular weight is 440 g/mol. The SMILES string of the molecule is O=[N+]([O-])c1cccc(S(=O)(=O)Nc2ccc(Nc3cc(N4CCCC4)cnn3)cc2)c1. The first kappa shape index (κ1) is 20.5. The summed E-state index contributed by atoms with van der Waals surface area (Å²) in [5.74, 6) is 0.592. The van der Waals surface area contributed by atoms with Crippen molar-refractivity contribution < 1.29 is 13.3 Å². The number of hydrogen-bond donors (Lipinski definition) is 2. The van der Waals surface area contributed by atoms with Crippen LogP contribution in [0.25, 0.3) is 0 Å². The zero-order valence-electron chi connectivity index (χ0n) is 16.4. The molecule has 4 rings (SSSR count). The van der Waals surface area contributed by atoms with E-state index in [0.717, 1.165) is 24.8 Å². The molecule has 0 bridgehead atoms. The number of nitrogens with one attached hydrogen (secondary N) is 2. The average Bonchev–Trinajstić information content (AvgIpc) is 3.30. The Kier molecular flexibility index (Phi) is 5.67. The molecule has 1 aromatic heterocycles. The molecule has 0 saturated carbocycles. The highest BCUT2D eigenvalue weighted by Gasteiger charge is 2.18. The lowest BCUT2D eigenvalue weighted by Gasteiger charge is -2.17. The fourth-order valence-corrected chi connectivity index (χ4v) is 4.41. The summed E-state index contributed by atoms with van der Waals surface area (Å²) in [5, 5.41) is 22.2. The molecule has 1 aliphatic rings. The van der Waals surface area contributed by atoms with E-state index in [1.807, 2.05) is 6.07 Å². The van der Waals surface area contributed by atoms with Crippen LogP contribution in [0.4, 0.5) is 28.6 Å². The van der Waals surface area contributed by atoms with E-state index in [1.165, 1.54) is 31.0 Å². The Morgan fingerprint density at radius 3 is 2.42 bits per heavy atom. The summed E-state index contributed by atoms with van der Waals surface area (Å²) in [6.07, 6.45) is 4.07. The highest BCUT2D eigenvalue weighted by atomic mass is 32.2. The molecule has 3 aromatic rings. The minimum absolute atomic E-state index is 0.182. The molecule has 0 atom stereocenters. The monoisotopic (exact) mass is 440 g/mol. The largest absolute Gasteiger partial charge is 0.370 e. The number of rotatable bonds is 7. The van der Waals surface area contributed by atoms with Crippen LogP contribution in [-0.2, 0) is 10.0 Å². The van der Waals surface area contributed by atoms with Crippen LogP contribution >= 0.6 is 0 Å². The molecular weight excluding hydrogens is 420 g/mol. The summed E-state index contributed by atoms with van der Waals surface area (Å²) in [6, 6.07) is 13.4. The Morgan fingerprint density at radius 2 is 1.71 bits per heavy atom. The third-order valence-corrected chi connectivity index (χ3v) is 6.24. The van der Waals surface area contributed by atoms with Crippen molar-refractivity contribution in [2.24, 2.45) is 0 Å². The van der Waals surface area contributed by atoms with Crippen molar-refractivity contribution in [2.75, 3.05) is 28.0 Å². The molecule has 10 nitrogen and oxygen atoms in total. The minimum atomic E-state index is -3.96. The van der Waals surface area contributed by atoms with Gasteiger partial charge in [0.15, 0.2) is 5.82 Å². The van der Waals surface area contributed by atoms with Gasteiger partial charge in [-0.25, -0.2) is 8.42 Å². The van der Waals surface area contributed by atoms with E-state index in [1.54, 1.807) is 30.5 Å². The maximum Gasteiger partial charge on any atom is 0.270 e. The van der Waals surface area contributed by atoms with E-state index in [0.29, 0.717) is 17.2 Å². The van der Waals surface area contributed by atoms with E-state index in [9.17, 15) is 18.5 Å². The fourth-order valence-electron chi connectivity index (χ4n) is 3.31. The van der Waals surface area contributed by atoms with Crippen LogP contribution in [0.15, 0.2) is 65.7 Å². The van der Waals surface area contributed by atoms with Gasteiger partial charge in [-0.2, -0.15) is 5.10 Å². The van der Waals surface area contributed by atoms with Gasteiger partial charge in [-0.05, 0) is 43.2 Å². The first-order chi connectivity index (χ1) is 14.9. The molecule has 2 heterocycles. The first-order valence-electron chi connectivity index (χ1n) is 9.63. The normalized spacial score (nSPS) is 13.7. The van der Waals surface area contributed by atoms with Gasteiger partial charge >= 0.3 is 0 Å². The maximum absolute atomic E-state index is 12.5. The number of nitrogens with zero attached hydrogens (tertiary/aromatic N) is 4. The van der Waals surface area contributed by atoms with Crippen molar-refractivity contribution in [3.05, 3.63) is 70.9 Å². The van der Waals surface area contributed by atoms with E-state index < -0.39 is 14.9 Å². The highest BCUT2D eigenvalue weighted by molar-refractivity contribution is 7.92. The van der Waals surface area contributed by atoms with E-state index in [-0.39, 0.29) is 10.6 Å². The Labute approximate surface area is 179 Å². The van der Waals surface area contributed by atoms with Crippen LogP contribution in [0.5, 0.6) is 0 Å². The summed E-state index contributed by atoms with van der Waals surface area (Å²) < 4.78 is 27.5. The molecule has 160 valence electrons. The summed E-state index contributed by atoms with van der Waals surface area (Å²) in [6.45, 7) is 2.01. The quantitative estimate of drug-likeness (QED) is 0.421. The smallest absolute Gasteiger partial charge is 0.270 e. The molecule has 0 spiro atoms. The lowest BCUT2D eigenvalue weighted by atomic mass is 10.3. The van der Waals surface area contributed by atoms with Gasteiger partial charge in [0.1, 0.15) is 0 Å². The van der Waals surface area contributed by atoms with Crippen molar-refractivity contribution in [3.63, 3.8) is 0 Å². The van der Waals surface area contributed by atoms with E-state index >= 15 is 0 Å². The molecule has 1 fully saturated rings. The molecule has 0 aliphatic carbocycles. The van der Waals surface area contributed by atoms with Crippen molar-refractivity contribution in [1.29, 1.82) is 0 Å². The number of benzene rings is 2. The third-order valence-electron chi connectivity index (χ3n) is 4.86. The lowest BCUT2D eigenvalue weighted by molar-refractivity contribution is -0.385. The number of aromatic nitrogens is 2. The van der Waals surface area contributed by atoms with Gasteiger partial charge in [-0.3, -0.25) is 14.8 Å². The zero-order chi connectivity index (χ0) is 21.8. The Balaban J connectivity index is 1.45. The summed E-state index contributed by atoms with van der Waals surface area (Å²) >= 11 is 0. The lowest BCUT2D eigenvalue weighted by Crippen LogP contribution is -2.18. The Hall–Kier alpha value is -3.73. The van der Waals surface area contributed by atoms with Crippen molar-refractivity contribution in [1.82, 2.24) is 10.2 Å². The molecule has 1 aliphatic heterocycles. The van der Waals surface area contributed by atoms with Gasteiger partial charge in [-0.15, -0.1) is 5.10 Å². The number of anilines is 4. The molecule has 11 heteroatoms. The van der Waals surface area contributed by atoms with Crippen molar-refractivity contribution in [3.8, 4) is 0 Å². The molecule has 0 amide bonds. The number of nitro groups is 1. The number of hydrogen-bond acceptors (Lipinski definition) is 8. The third kappa shape index (κ3) is 4.89. The molecule has 2 aromatic carbocycles. The summed E-state index contributed by atoms with van der Waals surface area (Å²) in [5.41, 5.74) is 1.76. The van der Waals surface area contributed by atoms with Gasteiger partial charge < -0.3 is 10.2 Å². The van der Waals surface area contributed by atoms with Crippen LogP contribution in [0, 0.1) is 10.1 Å². The van der Waals surface area contributed by atoms with Crippen LogP contribution in [-0.4, -0.2) is 36.6 Å². The Bertz CT molecular complexity index is 1190. The predicted octanol–water partition coefficient (Wildman–Crippen LogP) is 3.53. The van der Waals surface area contributed by atoms with Crippen molar-refractivity contribution >= 4 is 38.6 Å². The number of sulfonamides is 1. The topological polar surface area (TPSA) is 130 Å². The van der Waals surface area contributed by atoms with Gasteiger partial charge in [0.05, 0.1) is 21.7 Å². The number of non-ortho nitro benzene ring substituents is 1.